The van der Waals surface area contributed by atoms with E-state index in [1.807, 2.05) is 83.6 Å². The minimum absolute atomic E-state index is 0.532. The van der Waals surface area contributed by atoms with Gasteiger partial charge in [0.05, 0.1) is 42.9 Å². The number of hydrogen-bond acceptors (Lipinski definition) is 4. The Hall–Kier alpha value is -5.08. The van der Waals surface area contributed by atoms with Crippen LogP contribution in [0.3, 0.4) is 0 Å². The topological polar surface area (TPSA) is 60.1 Å². The molecule has 4 aromatic carbocycles. The van der Waals surface area contributed by atoms with Crippen molar-refractivity contribution in [2.75, 3.05) is 14.2 Å². The molecule has 0 unspecified atom stereocenters. The van der Waals surface area contributed by atoms with E-state index < -0.39 is 0 Å². The van der Waals surface area contributed by atoms with E-state index in [2.05, 4.69) is 36.4 Å². The highest BCUT2D eigenvalue weighted by atomic mass is 16.5. The van der Waals surface area contributed by atoms with Gasteiger partial charge in [-0.3, -0.25) is 0 Å². The lowest BCUT2D eigenvalue weighted by molar-refractivity contribution is 0.355. The summed E-state index contributed by atoms with van der Waals surface area (Å²) in [5.74, 6) is 1.20. The molecule has 0 fully saturated rings. The molecule has 0 saturated heterocycles. The number of allylic oxidation sites excluding steroid dienone is 1. The maximum absolute atomic E-state index is 9.83. The second-order valence-electron chi connectivity index (χ2n) is 8.39. The van der Waals surface area contributed by atoms with Crippen LogP contribution in [0.15, 0.2) is 109 Å². The maximum atomic E-state index is 9.83. The van der Waals surface area contributed by atoms with E-state index in [1.54, 1.807) is 20.3 Å². The van der Waals surface area contributed by atoms with Crippen LogP contribution in [-0.4, -0.2) is 24.0 Å². The van der Waals surface area contributed by atoms with E-state index in [9.17, 15) is 5.26 Å². The molecule has 5 nitrogen and oxygen atoms in total. The third-order valence-electron chi connectivity index (χ3n) is 6.11. The molecule has 37 heavy (non-hydrogen) atoms. The van der Waals surface area contributed by atoms with Crippen LogP contribution in [0, 0.1) is 11.3 Å². The van der Waals surface area contributed by atoms with Crippen molar-refractivity contribution in [1.29, 1.82) is 5.26 Å². The first-order valence-electron chi connectivity index (χ1n) is 11.9. The van der Waals surface area contributed by atoms with Crippen molar-refractivity contribution in [2.24, 2.45) is 0 Å². The highest BCUT2D eigenvalue weighted by Gasteiger charge is 2.13. The van der Waals surface area contributed by atoms with Crippen molar-refractivity contribution in [2.45, 2.75) is 0 Å². The fourth-order valence-electron chi connectivity index (χ4n) is 4.20. The first kappa shape index (κ1) is 23.7. The van der Waals surface area contributed by atoms with Crippen LogP contribution in [0.5, 0.6) is 11.5 Å². The zero-order valence-corrected chi connectivity index (χ0v) is 20.6. The predicted octanol–water partition coefficient (Wildman–Crippen LogP) is 7.29. The largest absolute Gasteiger partial charge is 0.493 e. The molecular weight excluding hydrogens is 458 g/mol. The third-order valence-corrected chi connectivity index (χ3v) is 6.11. The molecule has 0 atom stereocenters. The zero-order valence-electron chi connectivity index (χ0n) is 20.6. The molecule has 0 aliphatic rings. The normalized spacial score (nSPS) is 11.1. The molecule has 5 aromatic rings. The Morgan fingerprint density at radius 3 is 2.03 bits per heavy atom. The molecular formula is C32H25N3O2. The molecule has 0 bridgehead atoms. The van der Waals surface area contributed by atoms with Gasteiger partial charge in [0.2, 0.25) is 0 Å². The second kappa shape index (κ2) is 10.7. The molecule has 0 saturated carbocycles. The minimum atomic E-state index is 0.532. The first-order chi connectivity index (χ1) is 18.2. The Balaban J connectivity index is 1.51. The van der Waals surface area contributed by atoms with Gasteiger partial charge < -0.3 is 9.47 Å². The van der Waals surface area contributed by atoms with Gasteiger partial charge in [0.15, 0.2) is 11.5 Å². The fraction of sp³-hybridized carbons (Fsp3) is 0.0625. The molecule has 1 aromatic heterocycles. The number of ether oxygens (including phenoxy) is 2. The number of methoxy groups -OCH3 is 2. The van der Waals surface area contributed by atoms with Crippen molar-refractivity contribution < 1.29 is 9.47 Å². The van der Waals surface area contributed by atoms with E-state index in [0.717, 1.165) is 39.3 Å². The summed E-state index contributed by atoms with van der Waals surface area (Å²) in [6.07, 6.45) is 1.86. The smallest absolute Gasteiger partial charge is 0.161 e. The van der Waals surface area contributed by atoms with E-state index >= 15 is 0 Å². The SMILES string of the molecule is COc1ccc(/C(C#N)=C/c2ccc(-n3nc(-c4ccccc4)cc3-c3ccccc3)cc2)cc1OC. The average Bonchev–Trinajstić information content (AvgIpc) is 3.42. The highest BCUT2D eigenvalue weighted by Crippen LogP contribution is 2.32. The van der Waals surface area contributed by atoms with Crippen LogP contribution >= 0.6 is 0 Å². The van der Waals surface area contributed by atoms with Gasteiger partial charge in [-0.05, 0) is 53.6 Å². The average molecular weight is 484 g/mol. The fourth-order valence-corrected chi connectivity index (χ4v) is 4.20. The summed E-state index contributed by atoms with van der Waals surface area (Å²) >= 11 is 0. The van der Waals surface area contributed by atoms with Gasteiger partial charge in [0, 0.05) is 11.1 Å². The van der Waals surface area contributed by atoms with Crippen molar-refractivity contribution in [3.63, 3.8) is 0 Å². The molecule has 0 amide bonds. The molecule has 0 radical (unpaired) electrons. The number of benzene rings is 4. The van der Waals surface area contributed by atoms with Gasteiger partial charge in [-0.1, -0.05) is 72.8 Å². The standard InChI is InChI=1S/C32H25N3O2/c1-36-31-18-15-26(20-32(31)37-2)27(22-33)19-23-13-16-28(17-14-23)35-30(25-11-7-4-8-12-25)21-29(34-35)24-9-5-3-6-10-24/h3-21H,1-2H3/b27-19+. The summed E-state index contributed by atoms with van der Waals surface area (Å²) in [7, 11) is 3.17. The Morgan fingerprint density at radius 1 is 0.757 bits per heavy atom. The molecule has 5 rings (SSSR count). The molecule has 1 heterocycles. The van der Waals surface area contributed by atoms with Crippen LogP contribution in [-0.2, 0) is 0 Å². The Labute approximate surface area is 216 Å². The van der Waals surface area contributed by atoms with E-state index in [0.29, 0.717) is 17.1 Å². The maximum Gasteiger partial charge on any atom is 0.161 e. The van der Waals surface area contributed by atoms with Crippen LogP contribution in [0.2, 0.25) is 0 Å². The zero-order chi connectivity index (χ0) is 25.6. The van der Waals surface area contributed by atoms with Crippen molar-refractivity contribution in [3.05, 3.63) is 120 Å². The van der Waals surface area contributed by atoms with E-state index in [4.69, 9.17) is 14.6 Å². The van der Waals surface area contributed by atoms with Gasteiger partial charge in [-0.25, -0.2) is 4.68 Å². The molecule has 0 N–H and O–H groups in total. The Kier molecular flexibility index (Phi) is 6.82. The summed E-state index contributed by atoms with van der Waals surface area (Å²) in [5, 5.41) is 14.8. The minimum Gasteiger partial charge on any atom is -0.493 e. The quantitative estimate of drug-likeness (QED) is 0.180. The number of hydrogen-bond donors (Lipinski definition) is 0. The van der Waals surface area contributed by atoms with Gasteiger partial charge in [0.25, 0.3) is 0 Å². The van der Waals surface area contributed by atoms with Gasteiger partial charge in [-0.2, -0.15) is 10.4 Å². The van der Waals surface area contributed by atoms with E-state index in [-0.39, 0.29) is 0 Å². The summed E-state index contributed by atoms with van der Waals surface area (Å²) in [6.45, 7) is 0. The van der Waals surface area contributed by atoms with Crippen molar-refractivity contribution in [3.8, 4) is 45.8 Å². The number of nitriles is 1. The second-order valence-corrected chi connectivity index (χ2v) is 8.39. The summed E-state index contributed by atoms with van der Waals surface area (Å²) in [6, 6.07) is 38.3. The summed E-state index contributed by atoms with van der Waals surface area (Å²) in [5.41, 5.74) is 7.19. The number of rotatable bonds is 7. The van der Waals surface area contributed by atoms with Gasteiger partial charge in [-0.15, -0.1) is 0 Å². The van der Waals surface area contributed by atoms with Gasteiger partial charge >= 0.3 is 0 Å². The third kappa shape index (κ3) is 5.00. The molecule has 0 spiro atoms. The van der Waals surface area contributed by atoms with Crippen molar-refractivity contribution >= 4 is 11.6 Å². The Bertz CT molecular complexity index is 1580. The number of nitrogens with zero attached hydrogens (tertiary/aromatic N) is 3. The molecule has 180 valence electrons. The van der Waals surface area contributed by atoms with Crippen LogP contribution in [0.1, 0.15) is 11.1 Å². The lowest BCUT2D eigenvalue weighted by Crippen LogP contribution is -1.99. The molecule has 5 heteroatoms. The van der Waals surface area contributed by atoms with Crippen LogP contribution in [0.25, 0.3) is 39.9 Å². The summed E-state index contributed by atoms with van der Waals surface area (Å²) in [4.78, 5) is 0. The predicted molar refractivity (Wildman–Crippen MR) is 147 cm³/mol. The van der Waals surface area contributed by atoms with Gasteiger partial charge in [0.1, 0.15) is 0 Å². The lowest BCUT2D eigenvalue weighted by atomic mass is 10.0. The molecule has 0 aliphatic carbocycles. The first-order valence-corrected chi connectivity index (χ1v) is 11.9. The molecule has 0 aliphatic heterocycles. The highest BCUT2D eigenvalue weighted by molar-refractivity contribution is 5.90. The summed E-state index contributed by atoms with van der Waals surface area (Å²) < 4.78 is 12.7. The van der Waals surface area contributed by atoms with E-state index in [1.165, 1.54) is 0 Å². The monoisotopic (exact) mass is 483 g/mol. The number of aromatic nitrogens is 2. The van der Waals surface area contributed by atoms with Crippen LogP contribution < -0.4 is 9.47 Å². The Morgan fingerprint density at radius 2 is 1.41 bits per heavy atom. The lowest BCUT2D eigenvalue weighted by Gasteiger charge is -2.10. The van der Waals surface area contributed by atoms with Crippen molar-refractivity contribution in [1.82, 2.24) is 9.78 Å². The van der Waals surface area contributed by atoms with Crippen LogP contribution in [0.4, 0.5) is 0 Å².